The Kier molecular flexibility index (Phi) is 5.56. The third kappa shape index (κ3) is 3.22. The topological polar surface area (TPSA) is 32.3 Å². The molecule has 1 amide bonds. The SMILES string of the molecule is C[C@@H]1CN(C(=O)c2c(F)cccc2Br)CCN1.Cl. The van der Waals surface area contributed by atoms with Crippen LogP contribution in [0, 0.1) is 5.82 Å². The Morgan fingerprint density at radius 3 is 2.89 bits per heavy atom. The molecule has 0 radical (unpaired) electrons. The summed E-state index contributed by atoms with van der Waals surface area (Å²) in [6.07, 6.45) is 0. The summed E-state index contributed by atoms with van der Waals surface area (Å²) in [5.41, 5.74) is 0.126. The third-order valence-corrected chi connectivity index (χ3v) is 3.49. The molecule has 100 valence electrons. The number of nitrogens with one attached hydrogen (secondary N) is 1. The van der Waals surface area contributed by atoms with E-state index in [9.17, 15) is 9.18 Å². The lowest BCUT2D eigenvalue weighted by Crippen LogP contribution is -2.51. The molecule has 0 aliphatic carbocycles. The predicted molar refractivity (Wildman–Crippen MR) is 74.7 cm³/mol. The standard InChI is InChI=1S/C12H14BrFN2O.ClH/c1-8-7-16(6-5-15-8)12(17)11-9(13)3-2-4-10(11)14;/h2-4,8,15H,5-7H2,1H3;1H/t8-;/m1./s1. The van der Waals surface area contributed by atoms with Crippen LogP contribution in [0.25, 0.3) is 0 Å². The third-order valence-electron chi connectivity index (χ3n) is 2.83. The molecule has 1 N–H and O–H groups in total. The Bertz CT molecular complexity index is 424. The van der Waals surface area contributed by atoms with Crippen molar-refractivity contribution in [3.8, 4) is 0 Å². The molecule has 2 rings (SSSR count). The van der Waals surface area contributed by atoms with Gasteiger partial charge in [-0.2, -0.15) is 0 Å². The van der Waals surface area contributed by atoms with Crippen molar-refractivity contribution in [2.75, 3.05) is 19.6 Å². The number of piperazine rings is 1. The van der Waals surface area contributed by atoms with Crippen LogP contribution in [0.5, 0.6) is 0 Å². The van der Waals surface area contributed by atoms with Gasteiger partial charge in [0.25, 0.3) is 5.91 Å². The van der Waals surface area contributed by atoms with Gasteiger partial charge < -0.3 is 10.2 Å². The van der Waals surface area contributed by atoms with Gasteiger partial charge in [-0.25, -0.2) is 4.39 Å². The molecule has 0 spiro atoms. The van der Waals surface area contributed by atoms with Crippen molar-refractivity contribution in [3.05, 3.63) is 34.1 Å². The highest BCUT2D eigenvalue weighted by Crippen LogP contribution is 2.21. The molecule has 18 heavy (non-hydrogen) atoms. The fourth-order valence-corrected chi connectivity index (χ4v) is 2.49. The number of hydrogen-bond donors (Lipinski definition) is 1. The van der Waals surface area contributed by atoms with E-state index in [1.165, 1.54) is 6.07 Å². The van der Waals surface area contributed by atoms with Crippen molar-refractivity contribution in [2.45, 2.75) is 13.0 Å². The molecule has 3 nitrogen and oxygen atoms in total. The van der Waals surface area contributed by atoms with Crippen LogP contribution >= 0.6 is 28.3 Å². The molecule has 1 aromatic carbocycles. The van der Waals surface area contributed by atoms with Crippen LogP contribution in [0.1, 0.15) is 17.3 Å². The van der Waals surface area contributed by atoms with Crippen molar-refractivity contribution in [1.82, 2.24) is 10.2 Å². The second-order valence-electron chi connectivity index (χ2n) is 4.20. The van der Waals surface area contributed by atoms with E-state index in [4.69, 9.17) is 0 Å². The van der Waals surface area contributed by atoms with Gasteiger partial charge in [-0.1, -0.05) is 6.07 Å². The molecule has 0 aromatic heterocycles. The van der Waals surface area contributed by atoms with Gasteiger partial charge in [0.1, 0.15) is 5.82 Å². The molecule has 6 heteroatoms. The molecule has 1 aliphatic heterocycles. The van der Waals surface area contributed by atoms with Crippen LogP contribution in [0.3, 0.4) is 0 Å². The van der Waals surface area contributed by atoms with Gasteiger partial charge in [-0.3, -0.25) is 4.79 Å². The van der Waals surface area contributed by atoms with E-state index < -0.39 is 5.82 Å². The normalized spacial score (nSPS) is 19.3. The van der Waals surface area contributed by atoms with Gasteiger partial charge in [0.15, 0.2) is 0 Å². The number of hydrogen-bond acceptors (Lipinski definition) is 2. The van der Waals surface area contributed by atoms with Crippen molar-refractivity contribution in [3.63, 3.8) is 0 Å². The summed E-state index contributed by atoms with van der Waals surface area (Å²) in [5, 5.41) is 3.25. The minimum atomic E-state index is -0.476. The maximum Gasteiger partial charge on any atom is 0.258 e. The minimum absolute atomic E-state index is 0. The summed E-state index contributed by atoms with van der Waals surface area (Å²) in [4.78, 5) is 13.9. The van der Waals surface area contributed by atoms with E-state index in [1.807, 2.05) is 6.92 Å². The number of rotatable bonds is 1. The van der Waals surface area contributed by atoms with Gasteiger partial charge in [0, 0.05) is 30.1 Å². The lowest BCUT2D eigenvalue weighted by atomic mass is 10.1. The zero-order valence-corrected chi connectivity index (χ0v) is 12.4. The Labute approximate surface area is 120 Å². The molecule has 0 bridgehead atoms. The molecule has 0 unspecified atom stereocenters. The van der Waals surface area contributed by atoms with Gasteiger partial charge >= 0.3 is 0 Å². The van der Waals surface area contributed by atoms with E-state index in [0.29, 0.717) is 17.6 Å². The summed E-state index contributed by atoms with van der Waals surface area (Å²) >= 11 is 3.23. The number of amides is 1. The van der Waals surface area contributed by atoms with Crippen LogP contribution in [-0.4, -0.2) is 36.5 Å². The maximum absolute atomic E-state index is 13.7. The summed E-state index contributed by atoms with van der Waals surface area (Å²) in [6, 6.07) is 4.82. The van der Waals surface area contributed by atoms with Crippen molar-refractivity contribution in [1.29, 1.82) is 0 Å². The Morgan fingerprint density at radius 2 is 2.28 bits per heavy atom. The van der Waals surface area contributed by atoms with Crippen LogP contribution in [0.2, 0.25) is 0 Å². The first kappa shape index (κ1) is 15.4. The summed E-state index contributed by atoms with van der Waals surface area (Å²) < 4.78 is 14.2. The molecule has 1 heterocycles. The molecule has 1 fully saturated rings. The Balaban J connectivity index is 0.00000162. The van der Waals surface area contributed by atoms with Gasteiger partial charge in [0.05, 0.1) is 5.56 Å². The first-order valence-electron chi connectivity index (χ1n) is 5.56. The van der Waals surface area contributed by atoms with Gasteiger partial charge in [-0.05, 0) is 35.0 Å². The summed E-state index contributed by atoms with van der Waals surface area (Å²) in [5.74, 6) is -0.723. The second kappa shape index (κ2) is 6.50. The van der Waals surface area contributed by atoms with Crippen molar-refractivity contribution in [2.24, 2.45) is 0 Å². The average molecular weight is 338 g/mol. The molecular weight excluding hydrogens is 322 g/mol. The number of carbonyl (C=O) groups is 1. The van der Waals surface area contributed by atoms with Gasteiger partial charge in [0.2, 0.25) is 0 Å². The molecule has 1 atom stereocenters. The predicted octanol–water partition coefficient (Wildman–Crippen LogP) is 2.44. The minimum Gasteiger partial charge on any atom is -0.336 e. The molecule has 1 aromatic rings. The molecule has 1 saturated heterocycles. The molecular formula is C12H15BrClFN2O. The Hall–Kier alpha value is -0.650. The van der Waals surface area contributed by atoms with E-state index in [0.717, 1.165) is 6.54 Å². The monoisotopic (exact) mass is 336 g/mol. The van der Waals surface area contributed by atoms with Gasteiger partial charge in [-0.15, -0.1) is 12.4 Å². The van der Waals surface area contributed by atoms with Crippen LogP contribution in [0.4, 0.5) is 4.39 Å². The highest BCUT2D eigenvalue weighted by molar-refractivity contribution is 9.10. The average Bonchev–Trinajstić information content (AvgIpc) is 2.28. The van der Waals surface area contributed by atoms with Crippen LogP contribution in [0.15, 0.2) is 22.7 Å². The fourth-order valence-electron chi connectivity index (χ4n) is 1.98. The highest BCUT2D eigenvalue weighted by atomic mass is 79.9. The maximum atomic E-state index is 13.7. The van der Waals surface area contributed by atoms with E-state index in [-0.39, 0.29) is 29.9 Å². The zero-order valence-electron chi connectivity index (χ0n) is 9.95. The van der Waals surface area contributed by atoms with Crippen LogP contribution in [-0.2, 0) is 0 Å². The summed E-state index contributed by atoms with van der Waals surface area (Å²) in [7, 11) is 0. The largest absolute Gasteiger partial charge is 0.336 e. The molecule has 0 saturated carbocycles. The van der Waals surface area contributed by atoms with E-state index in [2.05, 4.69) is 21.2 Å². The lowest BCUT2D eigenvalue weighted by Gasteiger charge is -2.32. The highest BCUT2D eigenvalue weighted by Gasteiger charge is 2.25. The van der Waals surface area contributed by atoms with Crippen molar-refractivity contribution < 1.29 is 9.18 Å². The number of benzene rings is 1. The number of carbonyl (C=O) groups excluding carboxylic acids is 1. The van der Waals surface area contributed by atoms with Crippen molar-refractivity contribution >= 4 is 34.2 Å². The fraction of sp³-hybridized carbons (Fsp3) is 0.417. The number of nitrogens with zero attached hydrogens (tertiary/aromatic N) is 1. The first-order valence-corrected chi connectivity index (χ1v) is 6.35. The second-order valence-corrected chi connectivity index (χ2v) is 5.06. The van der Waals surface area contributed by atoms with E-state index in [1.54, 1.807) is 17.0 Å². The summed E-state index contributed by atoms with van der Waals surface area (Å²) in [6.45, 7) is 3.98. The van der Waals surface area contributed by atoms with Crippen LogP contribution < -0.4 is 5.32 Å². The number of halogens is 3. The zero-order chi connectivity index (χ0) is 12.4. The smallest absolute Gasteiger partial charge is 0.258 e. The first-order chi connectivity index (χ1) is 8.09. The Morgan fingerprint density at radius 1 is 1.56 bits per heavy atom. The quantitative estimate of drug-likeness (QED) is 0.854. The van der Waals surface area contributed by atoms with E-state index >= 15 is 0 Å². The lowest BCUT2D eigenvalue weighted by molar-refractivity contribution is 0.0703. The molecule has 1 aliphatic rings.